The number of nitrogens with one attached hydrogen (secondary N) is 2. The van der Waals surface area contributed by atoms with Crippen LogP contribution in [0, 0.1) is 17.8 Å². The van der Waals surface area contributed by atoms with E-state index in [0.29, 0.717) is 15.8 Å². The van der Waals surface area contributed by atoms with Gasteiger partial charge in [0, 0.05) is 16.1 Å². The Bertz CT molecular complexity index is 849. The largest absolute Gasteiger partial charge is 0.352 e. The summed E-state index contributed by atoms with van der Waals surface area (Å²) in [7, 11) is 0. The summed E-state index contributed by atoms with van der Waals surface area (Å²) in [5, 5.41) is 7.11. The number of amides is 2. The molecule has 4 atom stereocenters. The molecule has 1 heterocycles. The van der Waals surface area contributed by atoms with Gasteiger partial charge in [0.2, 0.25) is 5.91 Å². The second-order valence-corrected chi connectivity index (χ2v) is 9.05. The molecule has 1 aromatic carbocycles. The first-order valence-electron chi connectivity index (χ1n) is 9.27. The van der Waals surface area contributed by atoms with E-state index >= 15 is 0 Å². The smallest absolute Gasteiger partial charge is 0.263 e. The van der Waals surface area contributed by atoms with E-state index < -0.39 is 0 Å². The third-order valence-corrected chi connectivity index (χ3v) is 7.65. The molecular formula is C20H23ClN2O2S. The normalized spacial score (nSPS) is 25.4. The molecule has 2 saturated carbocycles. The summed E-state index contributed by atoms with van der Waals surface area (Å²) >= 11 is 7.67. The zero-order valence-corrected chi connectivity index (χ0v) is 16.3. The van der Waals surface area contributed by atoms with Gasteiger partial charge in [-0.2, -0.15) is 0 Å². The van der Waals surface area contributed by atoms with Gasteiger partial charge in [-0.05, 0) is 50.0 Å². The van der Waals surface area contributed by atoms with Crippen molar-refractivity contribution in [3.8, 4) is 0 Å². The third-order valence-electron chi connectivity index (χ3n) is 5.97. The van der Waals surface area contributed by atoms with E-state index in [0.717, 1.165) is 21.9 Å². The van der Waals surface area contributed by atoms with Crippen LogP contribution in [0.2, 0.25) is 5.02 Å². The molecule has 0 radical (unpaired) electrons. The lowest BCUT2D eigenvalue weighted by molar-refractivity contribution is -0.121. The zero-order valence-electron chi connectivity index (χ0n) is 14.8. The van der Waals surface area contributed by atoms with Gasteiger partial charge in [0.15, 0.2) is 0 Å². The van der Waals surface area contributed by atoms with Crippen molar-refractivity contribution >= 4 is 44.8 Å². The van der Waals surface area contributed by atoms with Crippen LogP contribution < -0.4 is 10.6 Å². The molecule has 0 spiro atoms. The molecule has 2 fully saturated rings. The van der Waals surface area contributed by atoms with Crippen LogP contribution in [0.5, 0.6) is 0 Å². The van der Waals surface area contributed by atoms with Crippen molar-refractivity contribution in [3.05, 3.63) is 34.2 Å². The van der Waals surface area contributed by atoms with Crippen molar-refractivity contribution in [3.63, 3.8) is 0 Å². The Balaban J connectivity index is 1.32. The second kappa shape index (κ2) is 7.20. The highest BCUT2D eigenvalue weighted by Gasteiger charge is 2.42. The van der Waals surface area contributed by atoms with E-state index in [2.05, 4.69) is 17.6 Å². The molecule has 4 nitrogen and oxygen atoms in total. The molecular weight excluding hydrogens is 368 g/mol. The number of carbonyl (C=O) groups excluding carboxylic acids is 2. The maximum atomic E-state index is 12.4. The van der Waals surface area contributed by atoms with Gasteiger partial charge in [0.25, 0.3) is 5.91 Å². The van der Waals surface area contributed by atoms with Gasteiger partial charge < -0.3 is 10.6 Å². The summed E-state index contributed by atoms with van der Waals surface area (Å²) in [6.07, 6.45) is 5.21. The number of hydrogen-bond acceptors (Lipinski definition) is 3. The third kappa shape index (κ3) is 3.35. The topological polar surface area (TPSA) is 58.2 Å². The molecule has 2 N–H and O–H groups in total. The number of rotatable bonds is 5. The highest BCUT2D eigenvalue weighted by atomic mass is 35.5. The monoisotopic (exact) mass is 390 g/mol. The molecule has 6 heteroatoms. The van der Waals surface area contributed by atoms with Crippen molar-refractivity contribution in [1.29, 1.82) is 0 Å². The van der Waals surface area contributed by atoms with Gasteiger partial charge in [-0.3, -0.25) is 9.59 Å². The van der Waals surface area contributed by atoms with Crippen LogP contribution in [0.25, 0.3) is 10.1 Å². The molecule has 26 heavy (non-hydrogen) atoms. The quantitative estimate of drug-likeness (QED) is 0.802. The Morgan fingerprint density at radius 2 is 2.08 bits per heavy atom. The Hall–Kier alpha value is -1.59. The molecule has 138 valence electrons. The minimum absolute atomic E-state index is 0.0193. The fourth-order valence-corrected chi connectivity index (χ4v) is 6.15. The summed E-state index contributed by atoms with van der Waals surface area (Å²) in [5.41, 5.74) is 0. The van der Waals surface area contributed by atoms with Crippen LogP contribution >= 0.6 is 22.9 Å². The predicted molar refractivity (Wildman–Crippen MR) is 106 cm³/mol. The van der Waals surface area contributed by atoms with Gasteiger partial charge in [0.05, 0.1) is 11.6 Å². The summed E-state index contributed by atoms with van der Waals surface area (Å²) < 4.78 is 0.969. The number of carbonyl (C=O) groups is 2. The summed E-state index contributed by atoms with van der Waals surface area (Å²) in [4.78, 5) is 25.1. The van der Waals surface area contributed by atoms with Gasteiger partial charge >= 0.3 is 0 Å². The number of hydrogen-bond donors (Lipinski definition) is 2. The van der Waals surface area contributed by atoms with Crippen LogP contribution in [0.4, 0.5) is 0 Å². The van der Waals surface area contributed by atoms with Crippen LogP contribution in [0.3, 0.4) is 0 Å². The number of fused-ring (bicyclic) bond motifs is 3. The summed E-state index contributed by atoms with van der Waals surface area (Å²) in [6, 6.07) is 7.82. The lowest BCUT2D eigenvalue weighted by Gasteiger charge is -2.28. The van der Waals surface area contributed by atoms with Crippen LogP contribution in [-0.2, 0) is 4.79 Å². The van der Waals surface area contributed by atoms with Crippen molar-refractivity contribution in [2.45, 2.75) is 38.6 Å². The van der Waals surface area contributed by atoms with Crippen LogP contribution in [-0.4, -0.2) is 24.4 Å². The Kier molecular flexibility index (Phi) is 4.93. The first-order valence-corrected chi connectivity index (χ1v) is 10.5. The van der Waals surface area contributed by atoms with Gasteiger partial charge in [-0.1, -0.05) is 36.2 Å². The predicted octanol–water partition coefficient (Wildman–Crippen LogP) is 4.23. The van der Waals surface area contributed by atoms with Gasteiger partial charge in [-0.25, -0.2) is 0 Å². The molecule has 2 bridgehead atoms. The van der Waals surface area contributed by atoms with E-state index in [-0.39, 0.29) is 24.4 Å². The Labute approximate surface area is 162 Å². The minimum Gasteiger partial charge on any atom is -0.352 e. The van der Waals surface area contributed by atoms with Gasteiger partial charge in [-0.15, -0.1) is 11.3 Å². The molecule has 0 unspecified atom stereocenters. The summed E-state index contributed by atoms with van der Waals surface area (Å²) in [6.45, 7) is 2.07. The lowest BCUT2D eigenvalue weighted by Crippen LogP contribution is -2.44. The van der Waals surface area contributed by atoms with E-state index in [1.807, 2.05) is 24.3 Å². The number of halogens is 1. The minimum atomic E-state index is -0.293. The fourth-order valence-electron chi connectivity index (χ4n) is 4.72. The van der Waals surface area contributed by atoms with Crippen molar-refractivity contribution in [2.75, 3.05) is 6.54 Å². The molecule has 4 rings (SSSR count). The van der Waals surface area contributed by atoms with E-state index in [1.165, 1.54) is 37.0 Å². The van der Waals surface area contributed by atoms with Crippen molar-refractivity contribution in [2.24, 2.45) is 17.8 Å². The molecule has 1 aromatic heterocycles. The molecule has 0 aliphatic heterocycles. The summed E-state index contributed by atoms with van der Waals surface area (Å²) in [5.74, 6) is 1.79. The Morgan fingerprint density at radius 3 is 2.77 bits per heavy atom. The average Bonchev–Trinajstić information content (AvgIpc) is 3.34. The maximum Gasteiger partial charge on any atom is 0.263 e. The molecule has 2 aliphatic carbocycles. The first-order chi connectivity index (χ1) is 12.5. The lowest BCUT2D eigenvalue weighted by atomic mass is 9.84. The first kappa shape index (κ1) is 17.8. The van der Waals surface area contributed by atoms with Gasteiger partial charge in [0.1, 0.15) is 4.88 Å². The number of thiophene rings is 1. The second-order valence-electron chi connectivity index (χ2n) is 7.62. The molecule has 2 aromatic rings. The zero-order chi connectivity index (χ0) is 18.3. The SMILES string of the molecule is C[C@@H](NC(=O)CNC(=O)c1sc2ccccc2c1Cl)[C@@H]1C[C@@H]2CC[C@@H]1C2. The van der Waals surface area contributed by atoms with Crippen LogP contribution in [0.1, 0.15) is 42.3 Å². The Morgan fingerprint density at radius 1 is 1.27 bits per heavy atom. The average molecular weight is 391 g/mol. The van der Waals surface area contributed by atoms with Crippen molar-refractivity contribution in [1.82, 2.24) is 10.6 Å². The number of benzene rings is 1. The maximum absolute atomic E-state index is 12.4. The highest BCUT2D eigenvalue weighted by Crippen LogP contribution is 2.49. The molecule has 2 aliphatic rings. The molecule has 2 amide bonds. The van der Waals surface area contributed by atoms with Crippen molar-refractivity contribution < 1.29 is 9.59 Å². The van der Waals surface area contributed by atoms with E-state index in [1.54, 1.807) is 0 Å². The highest BCUT2D eigenvalue weighted by molar-refractivity contribution is 7.21. The van der Waals surface area contributed by atoms with E-state index in [4.69, 9.17) is 11.6 Å². The molecule has 0 saturated heterocycles. The van der Waals surface area contributed by atoms with E-state index in [9.17, 15) is 9.59 Å². The fraction of sp³-hybridized carbons (Fsp3) is 0.500. The standard InChI is InChI=1S/C20H23ClN2O2S/c1-11(15-9-12-6-7-13(15)8-12)23-17(24)10-22-20(25)19-18(21)14-4-2-3-5-16(14)26-19/h2-5,11-13,15H,6-10H2,1H3,(H,22,25)(H,23,24)/t11-,12-,13-,15+/m1/s1. The van der Waals surface area contributed by atoms with Crippen LogP contribution in [0.15, 0.2) is 24.3 Å².